The number of cyclic esters (lactones) is 1. The molecule has 0 radical (unpaired) electrons. The quantitative estimate of drug-likeness (QED) is 0.314. The molecule has 2 aromatic carbocycles. The van der Waals surface area contributed by atoms with Crippen molar-refractivity contribution >= 4 is 5.97 Å². The van der Waals surface area contributed by atoms with Gasteiger partial charge in [0.2, 0.25) is 5.60 Å². The molecule has 1 heterocycles. The summed E-state index contributed by atoms with van der Waals surface area (Å²) >= 11 is 0. The van der Waals surface area contributed by atoms with Crippen LogP contribution in [0.2, 0.25) is 0 Å². The van der Waals surface area contributed by atoms with Gasteiger partial charge in [0.15, 0.2) is 6.10 Å². The van der Waals surface area contributed by atoms with Crippen LogP contribution in [0.5, 0.6) is 0 Å². The maximum Gasteiger partial charge on any atom is 0.344 e. The second-order valence-corrected chi connectivity index (χ2v) is 7.72. The Labute approximate surface area is 194 Å². The van der Waals surface area contributed by atoms with E-state index in [2.05, 4.69) is 0 Å². The molecule has 180 valence electrons. The van der Waals surface area contributed by atoms with Gasteiger partial charge in [0, 0.05) is 14.2 Å². The molecule has 0 bridgehead atoms. The van der Waals surface area contributed by atoms with Crippen LogP contribution >= 0.6 is 0 Å². The highest BCUT2D eigenvalue weighted by molar-refractivity contribution is 5.84. The van der Waals surface area contributed by atoms with Gasteiger partial charge >= 0.3 is 5.97 Å². The van der Waals surface area contributed by atoms with E-state index in [1.165, 1.54) is 14.2 Å². The van der Waals surface area contributed by atoms with E-state index < -0.39 is 29.9 Å². The van der Waals surface area contributed by atoms with E-state index >= 15 is 0 Å². The predicted octanol–water partition coefficient (Wildman–Crippen LogP) is 3.08. The molecule has 3 rings (SSSR count). The Kier molecular flexibility index (Phi) is 9.80. The Bertz CT molecular complexity index is 831. The molecule has 4 atom stereocenters. The van der Waals surface area contributed by atoms with Gasteiger partial charge in [-0.2, -0.15) is 0 Å². The number of hydrogen-bond donors (Lipinski definition) is 0. The molecule has 0 saturated carbocycles. The van der Waals surface area contributed by atoms with Crippen LogP contribution < -0.4 is 0 Å². The number of esters is 1. The normalized spacial score (nSPS) is 23.4. The molecular formula is C25H32O8. The van der Waals surface area contributed by atoms with Crippen molar-refractivity contribution < 1.29 is 38.0 Å². The Morgan fingerprint density at radius 1 is 0.909 bits per heavy atom. The molecule has 33 heavy (non-hydrogen) atoms. The lowest BCUT2D eigenvalue weighted by molar-refractivity contribution is -0.235. The number of ether oxygens (including phenoxy) is 7. The van der Waals surface area contributed by atoms with Crippen molar-refractivity contribution in [2.75, 3.05) is 34.4 Å². The first-order chi connectivity index (χ1) is 16.1. The zero-order chi connectivity index (χ0) is 23.5. The van der Waals surface area contributed by atoms with Crippen LogP contribution in [0, 0.1) is 0 Å². The summed E-state index contributed by atoms with van der Waals surface area (Å²) in [6, 6.07) is 19.4. The number of methoxy groups -OCH3 is 2. The second-order valence-electron chi connectivity index (χ2n) is 7.72. The third kappa shape index (κ3) is 6.38. The summed E-state index contributed by atoms with van der Waals surface area (Å²) in [5.41, 5.74) is 0.428. The van der Waals surface area contributed by atoms with Crippen molar-refractivity contribution in [2.45, 2.75) is 44.1 Å². The summed E-state index contributed by atoms with van der Waals surface area (Å²) in [6.07, 6.45) is -2.25. The summed E-state index contributed by atoms with van der Waals surface area (Å²) in [5.74, 6) is -0.588. The summed E-state index contributed by atoms with van der Waals surface area (Å²) < 4.78 is 39.7. The van der Waals surface area contributed by atoms with Crippen LogP contribution in [0.1, 0.15) is 18.1 Å². The zero-order valence-electron chi connectivity index (χ0n) is 19.3. The van der Waals surface area contributed by atoms with E-state index in [0.29, 0.717) is 13.2 Å². The molecule has 1 aliphatic heterocycles. The van der Waals surface area contributed by atoms with Crippen molar-refractivity contribution in [2.24, 2.45) is 0 Å². The van der Waals surface area contributed by atoms with Gasteiger partial charge < -0.3 is 33.2 Å². The molecule has 0 unspecified atom stereocenters. The molecule has 1 saturated heterocycles. The van der Waals surface area contributed by atoms with Crippen molar-refractivity contribution in [3.8, 4) is 0 Å². The topological polar surface area (TPSA) is 81.7 Å². The number of carbonyl (C=O) groups excluding carboxylic acids is 1. The predicted molar refractivity (Wildman–Crippen MR) is 119 cm³/mol. The van der Waals surface area contributed by atoms with Crippen LogP contribution in [0.3, 0.4) is 0 Å². The van der Waals surface area contributed by atoms with Crippen LogP contribution in [0.15, 0.2) is 60.7 Å². The molecule has 0 amide bonds. The lowest BCUT2D eigenvalue weighted by atomic mass is 9.89. The highest BCUT2D eigenvalue weighted by atomic mass is 16.7. The molecule has 0 aromatic heterocycles. The number of carbonyl (C=O) groups is 1. The summed E-state index contributed by atoms with van der Waals surface area (Å²) in [7, 11) is 2.99. The average Bonchev–Trinajstić information content (AvgIpc) is 3.12. The lowest BCUT2D eigenvalue weighted by Crippen LogP contribution is -2.59. The van der Waals surface area contributed by atoms with Crippen LogP contribution in [0.25, 0.3) is 0 Å². The fraction of sp³-hybridized carbons (Fsp3) is 0.480. The van der Waals surface area contributed by atoms with Gasteiger partial charge in [-0.25, -0.2) is 4.79 Å². The standard InChI is InChI=1S/C25H32O8/c1-19(30-15-21-12-8-5-9-13-21)25(32-18-28-3)23(31-17-27-2)22(33-24(25)26)16-29-14-20-10-6-4-7-11-20/h4-13,19,22-23H,14-18H2,1-3H3/t19-,22-,23+,25-/m1/s1. The van der Waals surface area contributed by atoms with Crippen molar-refractivity contribution in [3.05, 3.63) is 71.8 Å². The molecular weight excluding hydrogens is 428 g/mol. The van der Waals surface area contributed by atoms with Crippen molar-refractivity contribution in [3.63, 3.8) is 0 Å². The van der Waals surface area contributed by atoms with Crippen molar-refractivity contribution in [1.82, 2.24) is 0 Å². The Morgan fingerprint density at radius 3 is 2.12 bits per heavy atom. The van der Waals surface area contributed by atoms with E-state index in [9.17, 15) is 4.79 Å². The molecule has 8 heteroatoms. The first-order valence-electron chi connectivity index (χ1n) is 10.8. The maximum absolute atomic E-state index is 13.2. The Hall–Kier alpha value is -2.33. The Morgan fingerprint density at radius 2 is 1.52 bits per heavy atom. The van der Waals surface area contributed by atoms with E-state index in [1.54, 1.807) is 6.92 Å². The maximum atomic E-state index is 13.2. The van der Waals surface area contributed by atoms with Crippen molar-refractivity contribution in [1.29, 1.82) is 0 Å². The van der Waals surface area contributed by atoms with Crippen LogP contribution in [0.4, 0.5) is 0 Å². The van der Waals surface area contributed by atoms with Crippen LogP contribution in [-0.4, -0.2) is 64.3 Å². The highest BCUT2D eigenvalue weighted by Gasteiger charge is 2.63. The lowest BCUT2D eigenvalue weighted by Gasteiger charge is -2.36. The monoisotopic (exact) mass is 460 g/mol. The minimum atomic E-state index is -1.55. The molecule has 1 aliphatic rings. The van der Waals surface area contributed by atoms with Gasteiger partial charge in [-0.15, -0.1) is 0 Å². The minimum absolute atomic E-state index is 0.0556. The molecule has 0 spiro atoms. The first kappa shape index (κ1) is 25.3. The fourth-order valence-corrected chi connectivity index (χ4v) is 3.78. The van der Waals surface area contributed by atoms with Gasteiger partial charge in [0.1, 0.15) is 19.7 Å². The SMILES string of the molecule is COCO[C@H]1[C@@H](COCc2ccccc2)OC(=O)[C@@]1(OCOC)[C@@H](C)OCc1ccccc1. The van der Waals surface area contributed by atoms with E-state index in [1.807, 2.05) is 60.7 Å². The Balaban J connectivity index is 1.76. The first-order valence-corrected chi connectivity index (χ1v) is 10.8. The molecule has 1 fully saturated rings. The zero-order valence-corrected chi connectivity index (χ0v) is 19.3. The number of rotatable bonds is 14. The molecule has 0 N–H and O–H groups in total. The van der Waals surface area contributed by atoms with Gasteiger partial charge in [-0.3, -0.25) is 0 Å². The van der Waals surface area contributed by atoms with Gasteiger partial charge in [0.25, 0.3) is 0 Å². The van der Waals surface area contributed by atoms with Crippen LogP contribution in [-0.2, 0) is 51.2 Å². The smallest absolute Gasteiger partial charge is 0.344 e. The minimum Gasteiger partial charge on any atom is -0.455 e. The molecule has 0 aliphatic carbocycles. The second kappa shape index (κ2) is 12.8. The largest absolute Gasteiger partial charge is 0.455 e. The molecule has 8 nitrogen and oxygen atoms in total. The summed E-state index contributed by atoms with van der Waals surface area (Å²) in [4.78, 5) is 13.2. The van der Waals surface area contributed by atoms with Gasteiger partial charge in [0.05, 0.1) is 25.9 Å². The molecule has 2 aromatic rings. The van der Waals surface area contributed by atoms with E-state index in [-0.39, 0.29) is 20.2 Å². The van der Waals surface area contributed by atoms with Gasteiger partial charge in [-0.05, 0) is 18.1 Å². The van der Waals surface area contributed by atoms with E-state index in [0.717, 1.165) is 11.1 Å². The average molecular weight is 461 g/mol. The highest BCUT2D eigenvalue weighted by Crippen LogP contribution is 2.37. The third-order valence-electron chi connectivity index (χ3n) is 5.46. The summed E-state index contributed by atoms with van der Waals surface area (Å²) in [6.45, 7) is 2.35. The fourth-order valence-electron chi connectivity index (χ4n) is 3.78. The van der Waals surface area contributed by atoms with E-state index in [4.69, 9.17) is 33.2 Å². The summed E-state index contributed by atoms with van der Waals surface area (Å²) in [5, 5.41) is 0. The number of hydrogen-bond acceptors (Lipinski definition) is 8. The number of benzene rings is 2. The third-order valence-corrected chi connectivity index (χ3v) is 5.46. The van der Waals surface area contributed by atoms with Gasteiger partial charge in [-0.1, -0.05) is 60.7 Å².